The second-order valence-corrected chi connectivity index (χ2v) is 8.91. The summed E-state index contributed by atoms with van der Waals surface area (Å²) >= 11 is 3.60. The van der Waals surface area contributed by atoms with Crippen molar-refractivity contribution in [2.24, 2.45) is 4.99 Å². The van der Waals surface area contributed by atoms with Crippen LogP contribution in [0.2, 0.25) is 0 Å². The molecule has 5 aromatic rings. The summed E-state index contributed by atoms with van der Waals surface area (Å²) in [7, 11) is 0. The van der Waals surface area contributed by atoms with Crippen LogP contribution in [0.15, 0.2) is 101 Å². The summed E-state index contributed by atoms with van der Waals surface area (Å²) < 4.78 is 1.30. The monoisotopic (exact) mass is 424 g/mol. The van der Waals surface area contributed by atoms with Crippen molar-refractivity contribution in [1.29, 1.82) is 0 Å². The summed E-state index contributed by atoms with van der Waals surface area (Å²) in [6, 6.07) is 27.1. The second kappa shape index (κ2) is 8.74. The largest absolute Gasteiger partial charge is 0.284 e. The summed E-state index contributed by atoms with van der Waals surface area (Å²) in [5, 5.41) is 5.52. The fourth-order valence-corrected chi connectivity index (χ4v) is 5.31. The van der Waals surface area contributed by atoms with Gasteiger partial charge < -0.3 is 0 Å². The summed E-state index contributed by atoms with van der Waals surface area (Å²) in [5.41, 5.74) is 5.99. The van der Waals surface area contributed by atoms with Crippen LogP contribution in [-0.2, 0) is 6.42 Å². The zero-order chi connectivity index (χ0) is 20.2. The number of aliphatic imine (C=N–C) groups is 1. The summed E-state index contributed by atoms with van der Waals surface area (Å²) in [5.74, 6) is 0. The van der Waals surface area contributed by atoms with E-state index in [4.69, 9.17) is 0 Å². The molecule has 0 saturated heterocycles. The molecule has 0 saturated carbocycles. The van der Waals surface area contributed by atoms with Gasteiger partial charge in [0.05, 0.1) is 11.4 Å². The van der Waals surface area contributed by atoms with Crippen molar-refractivity contribution in [2.45, 2.75) is 6.42 Å². The number of rotatable bonds is 2. The maximum Gasteiger partial charge on any atom is 0.0788 e. The second-order valence-electron chi connectivity index (χ2n) is 6.96. The van der Waals surface area contributed by atoms with Crippen LogP contribution in [0.1, 0.15) is 16.0 Å². The van der Waals surface area contributed by atoms with E-state index in [1.807, 2.05) is 41.8 Å². The van der Waals surface area contributed by atoms with Crippen LogP contribution < -0.4 is 0 Å². The standard InChI is InChI=1S/C13H11NS.C13H9NS/c2*1-2-4-10(5-3-1)13-11-7-9-15-12(11)6-8-14-13/h1-5,7,9H,6,8H2;1-9H. The van der Waals surface area contributed by atoms with E-state index in [1.54, 1.807) is 11.3 Å². The van der Waals surface area contributed by atoms with Gasteiger partial charge in [-0.3, -0.25) is 9.98 Å². The summed E-state index contributed by atoms with van der Waals surface area (Å²) in [6.07, 6.45) is 2.98. The Kier molecular flexibility index (Phi) is 5.51. The zero-order valence-electron chi connectivity index (χ0n) is 16.4. The number of nitrogens with zero attached hydrogens (tertiary/aromatic N) is 2. The van der Waals surface area contributed by atoms with Gasteiger partial charge in [-0.05, 0) is 29.0 Å². The van der Waals surface area contributed by atoms with Crippen LogP contribution in [0.25, 0.3) is 21.3 Å². The van der Waals surface area contributed by atoms with E-state index in [0.717, 1.165) is 24.4 Å². The maximum absolute atomic E-state index is 4.64. The van der Waals surface area contributed by atoms with E-state index in [9.17, 15) is 0 Å². The van der Waals surface area contributed by atoms with Crippen LogP contribution >= 0.6 is 22.7 Å². The Morgan fingerprint density at radius 2 is 1.43 bits per heavy atom. The van der Waals surface area contributed by atoms with E-state index in [2.05, 4.69) is 75.3 Å². The minimum atomic E-state index is 0.928. The van der Waals surface area contributed by atoms with Crippen LogP contribution in [0.3, 0.4) is 0 Å². The molecule has 0 N–H and O–H groups in total. The molecule has 0 fully saturated rings. The summed E-state index contributed by atoms with van der Waals surface area (Å²) in [6.45, 7) is 0.928. The highest BCUT2D eigenvalue weighted by molar-refractivity contribution is 7.17. The molecule has 1 aliphatic heterocycles. The van der Waals surface area contributed by atoms with E-state index in [0.29, 0.717) is 0 Å². The molecule has 6 rings (SSSR count). The Labute approximate surface area is 184 Å². The topological polar surface area (TPSA) is 25.2 Å². The molecular weight excluding hydrogens is 404 g/mol. The SMILES string of the molecule is c1ccc(-c2nccc3sccc23)cc1.c1ccc(C2=NCCc3sccc32)cc1. The van der Waals surface area contributed by atoms with Gasteiger partial charge in [0, 0.05) is 50.8 Å². The number of aromatic nitrogens is 1. The van der Waals surface area contributed by atoms with Gasteiger partial charge in [0.1, 0.15) is 0 Å². The molecule has 0 aliphatic carbocycles. The molecule has 0 amide bonds. The fraction of sp³-hybridized carbons (Fsp3) is 0.0769. The van der Waals surface area contributed by atoms with Crippen molar-refractivity contribution in [1.82, 2.24) is 4.98 Å². The fourth-order valence-electron chi connectivity index (χ4n) is 3.66. The lowest BCUT2D eigenvalue weighted by Gasteiger charge is -2.12. The third kappa shape index (κ3) is 3.84. The molecule has 4 heterocycles. The smallest absolute Gasteiger partial charge is 0.0788 e. The minimum absolute atomic E-state index is 0.928. The van der Waals surface area contributed by atoms with E-state index in [-0.39, 0.29) is 0 Å². The molecular formula is C26H20N2S2. The van der Waals surface area contributed by atoms with Gasteiger partial charge in [0.25, 0.3) is 0 Å². The highest BCUT2D eigenvalue weighted by Gasteiger charge is 2.16. The van der Waals surface area contributed by atoms with Crippen LogP contribution in [-0.4, -0.2) is 17.2 Å². The van der Waals surface area contributed by atoms with E-state index in [1.165, 1.54) is 31.7 Å². The Morgan fingerprint density at radius 1 is 0.700 bits per heavy atom. The average Bonchev–Trinajstić information content (AvgIpc) is 3.50. The Bertz CT molecular complexity index is 1280. The van der Waals surface area contributed by atoms with Crippen LogP contribution in [0.5, 0.6) is 0 Å². The van der Waals surface area contributed by atoms with Crippen LogP contribution in [0.4, 0.5) is 0 Å². The number of hydrogen-bond acceptors (Lipinski definition) is 4. The molecule has 0 atom stereocenters. The third-order valence-corrected chi connectivity index (χ3v) is 6.95. The molecule has 0 unspecified atom stereocenters. The van der Waals surface area contributed by atoms with E-state index < -0.39 is 0 Å². The van der Waals surface area contributed by atoms with Gasteiger partial charge in [0.2, 0.25) is 0 Å². The van der Waals surface area contributed by atoms with E-state index >= 15 is 0 Å². The third-order valence-electron chi connectivity index (χ3n) is 5.08. The van der Waals surface area contributed by atoms with Gasteiger partial charge in [-0.15, -0.1) is 22.7 Å². The van der Waals surface area contributed by atoms with Gasteiger partial charge >= 0.3 is 0 Å². The van der Waals surface area contributed by atoms with Crippen molar-refractivity contribution < 1.29 is 0 Å². The van der Waals surface area contributed by atoms with Crippen molar-refractivity contribution in [3.63, 3.8) is 0 Å². The molecule has 1 aliphatic rings. The predicted molar refractivity (Wildman–Crippen MR) is 130 cm³/mol. The first-order valence-corrected chi connectivity index (χ1v) is 11.7. The van der Waals surface area contributed by atoms with Crippen molar-refractivity contribution in [3.05, 3.63) is 112 Å². The van der Waals surface area contributed by atoms with Crippen molar-refractivity contribution in [2.75, 3.05) is 6.54 Å². The number of benzene rings is 2. The summed E-state index contributed by atoms with van der Waals surface area (Å²) in [4.78, 5) is 10.6. The first-order valence-electron chi connectivity index (χ1n) is 9.94. The zero-order valence-corrected chi connectivity index (χ0v) is 18.0. The molecule has 0 radical (unpaired) electrons. The highest BCUT2D eigenvalue weighted by Crippen LogP contribution is 2.29. The molecule has 0 bridgehead atoms. The number of pyridine rings is 1. The van der Waals surface area contributed by atoms with Gasteiger partial charge in [0.15, 0.2) is 0 Å². The van der Waals surface area contributed by atoms with Gasteiger partial charge in [-0.2, -0.15) is 0 Å². The van der Waals surface area contributed by atoms with Crippen LogP contribution in [0, 0.1) is 0 Å². The Hall–Kier alpha value is -3.08. The molecule has 3 aromatic heterocycles. The minimum Gasteiger partial charge on any atom is -0.284 e. The molecule has 0 spiro atoms. The van der Waals surface area contributed by atoms with Gasteiger partial charge in [-0.25, -0.2) is 0 Å². The normalized spacial score (nSPS) is 12.6. The molecule has 30 heavy (non-hydrogen) atoms. The first-order chi connectivity index (χ1) is 14.9. The number of fused-ring (bicyclic) bond motifs is 2. The lowest BCUT2D eigenvalue weighted by atomic mass is 10.00. The Morgan fingerprint density at radius 3 is 2.23 bits per heavy atom. The van der Waals surface area contributed by atoms with Crippen molar-refractivity contribution in [3.8, 4) is 11.3 Å². The first kappa shape index (κ1) is 18.9. The Balaban J connectivity index is 0.000000128. The lowest BCUT2D eigenvalue weighted by Crippen LogP contribution is -2.11. The average molecular weight is 425 g/mol. The number of thiophene rings is 2. The highest BCUT2D eigenvalue weighted by atomic mass is 32.1. The van der Waals surface area contributed by atoms with Crippen molar-refractivity contribution >= 4 is 38.5 Å². The predicted octanol–water partition coefficient (Wildman–Crippen LogP) is 7.10. The quantitative estimate of drug-likeness (QED) is 0.296. The van der Waals surface area contributed by atoms with Gasteiger partial charge in [-0.1, -0.05) is 60.7 Å². The molecule has 4 heteroatoms. The number of hydrogen-bond donors (Lipinski definition) is 0. The lowest BCUT2D eigenvalue weighted by molar-refractivity contribution is 0.965. The molecule has 146 valence electrons. The maximum atomic E-state index is 4.64. The molecule has 2 aromatic carbocycles. The molecule has 2 nitrogen and oxygen atoms in total.